The maximum Gasteiger partial charge on any atom is 0.331 e. The maximum absolute atomic E-state index is 12.1. The lowest BCUT2D eigenvalue weighted by Crippen LogP contribution is -2.42. The summed E-state index contributed by atoms with van der Waals surface area (Å²) in [5.74, 6) is -0.347. The van der Waals surface area contributed by atoms with Crippen LogP contribution in [0.25, 0.3) is 0 Å². The van der Waals surface area contributed by atoms with Crippen LogP contribution in [0.4, 0.5) is 0 Å². The van der Waals surface area contributed by atoms with Gasteiger partial charge < -0.3 is 14.6 Å². The fourth-order valence-electron chi connectivity index (χ4n) is 2.13. The van der Waals surface area contributed by atoms with Gasteiger partial charge in [0.25, 0.3) is 0 Å². The van der Waals surface area contributed by atoms with Crippen molar-refractivity contribution in [2.75, 3.05) is 6.54 Å². The van der Waals surface area contributed by atoms with Crippen molar-refractivity contribution in [2.24, 2.45) is 0 Å². The van der Waals surface area contributed by atoms with Crippen molar-refractivity contribution >= 4 is 5.97 Å². The predicted molar refractivity (Wildman–Crippen MR) is 67.0 cm³/mol. The summed E-state index contributed by atoms with van der Waals surface area (Å²) in [5, 5.41) is 12.3. The Morgan fingerprint density at radius 3 is 2.74 bits per heavy atom. The number of rotatable bonds is 4. The first kappa shape index (κ1) is 12.3. The molecule has 1 aromatic carbocycles. The van der Waals surface area contributed by atoms with Gasteiger partial charge in [-0.1, -0.05) is 36.4 Å². The van der Waals surface area contributed by atoms with E-state index in [4.69, 9.17) is 9.47 Å². The molecule has 0 amide bonds. The number of aliphatic hydroxyl groups excluding tert-OH is 1. The molecule has 3 atom stereocenters. The third kappa shape index (κ3) is 2.40. The molecule has 0 radical (unpaired) electrons. The number of benzene rings is 1. The van der Waals surface area contributed by atoms with E-state index in [9.17, 15) is 9.90 Å². The molecule has 0 spiro atoms. The average molecular weight is 261 g/mol. The molecule has 1 fully saturated rings. The number of ether oxygens (including phenoxy) is 2. The van der Waals surface area contributed by atoms with Gasteiger partial charge in [0, 0.05) is 6.54 Å². The fourth-order valence-corrected chi connectivity index (χ4v) is 2.13. The lowest BCUT2D eigenvalue weighted by molar-refractivity contribution is -0.155. The number of carbonyl (C=O) groups is 1. The van der Waals surface area contributed by atoms with Gasteiger partial charge in [-0.05, 0) is 11.6 Å². The fraction of sp³-hybridized carbons (Fsp3) is 0.357. The Balaban J connectivity index is 1.60. The van der Waals surface area contributed by atoms with E-state index in [1.807, 2.05) is 30.3 Å². The van der Waals surface area contributed by atoms with Crippen molar-refractivity contribution in [3.8, 4) is 0 Å². The molecule has 0 bridgehead atoms. The lowest BCUT2D eigenvalue weighted by Gasteiger charge is -2.19. The zero-order chi connectivity index (χ0) is 13.3. The van der Waals surface area contributed by atoms with E-state index >= 15 is 0 Å². The van der Waals surface area contributed by atoms with E-state index in [2.05, 4.69) is 5.32 Å². The number of carbonyl (C=O) groups excluding carboxylic acids is 1. The van der Waals surface area contributed by atoms with E-state index in [1.54, 1.807) is 6.08 Å². The number of hydrogen-bond acceptors (Lipinski definition) is 5. The minimum atomic E-state index is -0.939. The van der Waals surface area contributed by atoms with Crippen LogP contribution >= 0.6 is 0 Å². The summed E-state index contributed by atoms with van der Waals surface area (Å²) in [6, 6.07) is 9.50. The predicted octanol–water partition coefficient (Wildman–Crippen LogP) is 0.345. The van der Waals surface area contributed by atoms with Crippen molar-refractivity contribution in [3.63, 3.8) is 0 Å². The van der Waals surface area contributed by atoms with Crippen molar-refractivity contribution in [2.45, 2.75) is 24.5 Å². The third-order valence-electron chi connectivity index (χ3n) is 3.36. The number of esters is 1. The lowest BCUT2D eigenvalue weighted by atomic mass is 10.0. The van der Waals surface area contributed by atoms with Crippen LogP contribution in [-0.2, 0) is 20.9 Å². The molecule has 3 rings (SSSR count). The van der Waals surface area contributed by atoms with Gasteiger partial charge in [0.1, 0.15) is 12.7 Å². The Hall–Kier alpha value is -1.69. The van der Waals surface area contributed by atoms with Crippen LogP contribution in [-0.4, -0.2) is 35.6 Å². The molecule has 1 aromatic rings. The Morgan fingerprint density at radius 1 is 1.42 bits per heavy atom. The average Bonchev–Trinajstić information content (AvgIpc) is 3.14. The highest BCUT2D eigenvalue weighted by Gasteiger charge is 2.58. The molecule has 5 nitrogen and oxygen atoms in total. The van der Waals surface area contributed by atoms with Crippen LogP contribution < -0.4 is 5.32 Å². The Labute approximate surface area is 110 Å². The first-order valence-corrected chi connectivity index (χ1v) is 6.19. The second-order valence-electron chi connectivity index (χ2n) is 4.72. The van der Waals surface area contributed by atoms with Gasteiger partial charge in [-0.15, -0.1) is 0 Å². The minimum Gasteiger partial charge on any atom is -0.459 e. The minimum absolute atomic E-state index is 0.238. The highest BCUT2D eigenvalue weighted by molar-refractivity contribution is 5.86. The SMILES string of the molecule is O=C(OCc1ccccc1)[C@@]1([C@@H]2C=C[C@H](O)O2)CN1. The standard InChI is InChI=1S/C14H15NO4/c16-12-7-6-11(19-12)14(9-15-14)13(17)18-8-10-4-2-1-3-5-10/h1-7,11-12,15-16H,8-9H2/t11-,12+,14-/m0/s1. The van der Waals surface area contributed by atoms with Gasteiger partial charge in [-0.3, -0.25) is 5.32 Å². The van der Waals surface area contributed by atoms with Crippen LogP contribution in [0, 0.1) is 0 Å². The number of aliphatic hydroxyl groups is 1. The highest BCUT2D eigenvalue weighted by atomic mass is 16.6. The second kappa shape index (κ2) is 4.77. The molecule has 0 aromatic heterocycles. The summed E-state index contributed by atoms with van der Waals surface area (Å²) in [7, 11) is 0. The second-order valence-corrected chi connectivity index (χ2v) is 4.72. The molecule has 0 aliphatic carbocycles. The van der Waals surface area contributed by atoms with Crippen molar-refractivity contribution in [1.82, 2.24) is 5.32 Å². The summed E-state index contributed by atoms with van der Waals surface area (Å²) < 4.78 is 10.5. The summed E-state index contributed by atoms with van der Waals surface area (Å²) in [6.45, 7) is 0.741. The summed E-state index contributed by atoms with van der Waals surface area (Å²) in [4.78, 5) is 12.1. The Bertz CT molecular complexity index is 495. The van der Waals surface area contributed by atoms with Crippen LogP contribution in [0.1, 0.15) is 5.56 Å². The zero-order valence-electron chi connectivity index (χ0n) is 10.3. The molecule has 2 aliphatic heterocycles. The van der Waals surface area contributed by atoms with Gasteiger partial charge >= 0.3 is 5.97 Å². The zero-order valence-corrected chi connectivity index (χ0v) is 10.3. The van der Waals surface area contributed by atoms with Crippen molar-refractivity contribution in [1.29, 1.82) is 0 Å². The van der Waals surface area contributed by atoms with Crippen LogP contribution in [0.15, 0.2) is 42.5 Å². The highest BCUT2D eigenvalue weighted by Crippen LogP contribution is 2.31. The van der Waals surface area contributed by atoms with E-state index in [-0.39, 0.29) is 12.6 Å². The van der Waals surface area contributed by atoms with Crippen molar-refractivity contribution < 1.29 is 19.4 Å². The van der Waals surface area contributed by atoms with Crippen LogP contribution in [0.5, 0.6) is 0 Å². The van der Waals surface area contributed by atoms with E-state index in [0.29, 0.717) is 6.54 Å². The monoisotopic (exact) mass is 261 g/mol. The molecule has 0 saturated carbocycles. The van der Waals surface area contributed by atoms with E-state index < -0.39 is 17.9 Å². The molecule has 2 aliphatic rings. The quantitative estimate of drug-likeness (QED) is 0.464. The summed E-state index contributed by atoms with van der Waals surface area (Å²) >= 11 is 0. The van der Waals surface area contributed by atoms with Crippen molar-refractivity contribution in [3.05, 3.63) is 48.0 Å². The summed E-state index contributed by atoms with van der Waals surface area (Å²) in [6.07, 6.45) is 1.81. The topological polar surface area (TPSA) is 77.7 Å². The molecule has 1 saturated heterocycles. The Kier molecular flexibility index (Phi) is 3.10. The van der Waals surface area contributed by atoms with Gasteiger partial charge in [-0.25, -0.2) is 4.79 Å². The number of nitrogens with one attached hydrogen (secondary N) is 1. The first-order chi connectivity index (χ1) is 9.21. The molecular weight excluding hydrogens is 246 g/mol. The molecular formula is C14H15NO4. The molecule has 5 heteroatoms. The molecule has 100 valence electrons. The Morgan fingerprint density at radius 2 is 2.16 bits per heavy atom. The van der Waals surface area contributed by atoms with E-state index in [0.717, 1.165) is 5.56 Å². The van der Waals surface area contributed by atoms with Crippen LogP contribution in [0.2, 0.25) is 0 Å². The van der Waals surface area contributed by atoms with Gasteiger partial charge in [0.05, 0.1) is 0 Å². The van der Waals surface area contributed by atoms with Crippen LogP contribution in [0.3, 0.4) is 0 Å². The van der Waals surface area contributed by atoms with E-state index in [1.165, 1.54) is 6.08 Å². The first-order valence-electron chi connectivity index (χ1n) is 6.19. The molecule has 19 heavy (non-hydrogen) atoms. The smallest absolute Gasteiger partial charge is 0.331 e. The van der Waals surface area contributed by atoms with Gasteiger partial charge in [-0.2, -0.15) is 0 Å². The summed E-state index contributed by atoms with van der Waals surface area (Å²) in [5.41, 5.74) is 0.109. The number of hydrogen-bond donors (Lipinski definition) is 2. The molecule has 0 unspecified atom stereocenters. The molecule has 2 heterocycles. The third-order valence-corrected chi connectivity index (χ3v) is 3.36. The van der Waals surface area contributed by atoms with Gasteiger partial charge in [0.2, 0.25) is 0 Å². The molecule has 2 N–H and O–H groups in total. The normalized spacial score (nSPS) is 32.3. The van der Waals surface area contributed by atoms with Gasteiger partial charge in [0.15, 0.2) is 11.8 Å². The maximum atomic E-state index is 12.1. The largest absolute Gasteiger partial charge is 0.459 e.